The van der Waals surface area contributed by atoms with E-state index in [-0.39, 0.29) is 11.8 Å². The van der Waals surface area contributed by atoms with Gasteiger partial charge in [0.25, 0.3) is 5.91 Å². The van der Waals surface area contributed by atoms with E-state index >= 15 is 0 Å². The minimum atomic E-state index is -0.658. The summed E-state index contributed by atoms with van der Waals surface area (Å²) >= 11 is 0. The molecule has 2 aliphatic rings. The molecule has 0 spiro atoms. The molecule has 2 fully saturated rings. The van der Waals surface area contributed by atoms with Crippen LogP contribution in [0.2, 0.25) is 0 Å². The molecule has 3 heterocycles. The number of nitrogens with two attached hydrogens (primary N) is 1. The maximum absolute atomic E-state index is 12.3. The zero-order valence-electron chi connectivity index (χ0n) is 21.2. The minimum absolute atomic E-state index is 0.0729. The summed E-state index contributed by atoms with van der Waals surface area (Å²) in [6, 6.07) is 8.01. The normalized spacial score (nSPS) is 17.7. The number of amides is 2. The molecule has 194 valence electrons. The molecule has 2 aliphatic heterocycles. The number of rotatable bonds is 5. The molecule has 1 aromatic carbocycles. The Morgan fingerprint density at radius 1 is 1.11 bits per heavy atom. The lowest BCUT2D eigenvalue weighted by Crippen LogP contribution is -3.12. The Morgan fingerprint density at radius 2 is 1.75 bits per heavy atom. The molecule has 2 saturated heterocycles. The van der Waals surface area contributed by atoms with Crippen LogP contribution in [0.25, 0.3) is 0 Å². The van der Waals surface area contributed by atoms with E-state index in [0.29, 0.717) is 61.9 Å². The van der Waals surface area contributed by atoms with Gasteiger partial charge >= 0.3 is 6.09 Å². The molecule has 2 amide bonds. The van der Waals surface area contributed by atoms with E-state index in [1.165, 1.54) is 5.56 Å². The summed E-state index contributed by atoms with van der Waals surface area (Å²) in [6.45, 7) is 9.39. The average Bonchev–Trinajstić information content (AvgIpc) is 2.84. The largest absolute Gasteiger partial charge is 0.444 e. The molecule has 0 unspecified atom stereocenters. The third kappa shape index (κ3) is 6.41. The highest BCUT2D eigenvalue weighted by Gasteiger charge is 2.27. The third-order valence-corrected chi connectivity index (χ3v) is 6.45. The van der Waals surface area contributed by atoms with Crippen molar-refractivity contribution in [2.45, 2.75) is 45.1 Å². The van der Waals surface area contributed by atoms with E-state index in [4.69, 9.17) is 10.5 Å². The van der Waals surface area contributed by atoms with Crippen LogP contribution in [-0.4, -0.2) is 76.9 Å². The van der Waals surface area contributed by atoms with Gasteiger partial charge in [-0.1, -0.05) is 12.1 Å². The average molecular weight is 499 g/mol. The van der Waals surface area contributed by atoms with E-state index in [9.17, 15) is 14.8 Å². The van der Waals surface area contributed by atoms with Gasteiger partial charge in [0.05, 0.1) is 19.3 Å². The van der Waals surface area contributed by atoms with Gasteiger partial charge in [-0.15, -0.1) is 0 Å². The van der Waals surface area contributed by atoms with Crippen LogP contribution in [0.4, 0.5) is 22.1 Å². The number of benzene rings is 1. The molecule has 0 bridgehead atoms. The first-order valence-electron chi connectivity index (χ1n) is 12.4. The molecule has 5 N–H and O–H groups in total. The molecule has 0 radical (unpaired) electrons. The molecule has 2 aromatic rings. The van der Waals surface area contributed by atoms with Crippen LogP contribution in [0, 0.1) is 0 Å². The molecular formula is C25H36N7O4+. The predicted molar refractivity (Wildman–Crippen MR) is 135 cm³/mol. The van der Waals surface area contributed by atoms with Crippen molar-refractivity contribution in [3.63, 3.8) is 0 Å². The molecule has 36 heavy (non-hydrogen) atoms. The number of carbonyl (C=O) groups excluding carboxylic acids is 2. The van der Waals surface area contributed by atoms with Gasteiger partial charge in [-0.3, -0.25) is 4.79 Å². The van der Waals surface area contributed by atoms with Crippen molar-refractivity contribution >= 4 is 29.3 Å². The van der Waals surface area contributed by atoms with Gasteiger partial charge in [0, 0.05) is 18.8 Å². The Morgan fingerprint density at radius 3 is 2.33 bits per heavy atom. The maximum Gasteiger partial charge on any atom is 0.410 e. The summed E-state index contributed by atoms with van der Waals surface area (Å²) < 4.78 is 5.49. The first-order valence-corrected chi connectivity index (χ1v) is 12.4. The fourth-order valence-electron chi connectivity index (χ4n) is 4.49. The summed E-state index contributed by atoms with van der Waals surface area (Å²) in [7, 11) is 0. The number of nitrogens with zero attached hydrogens (tertiary/aromatic N) is 4. The second-order valence-electron chi connectivity index (χ2n) is 10.3. The van der Waals surface area contributed by atoms with Crippen molar-refractivity contribution in [2.24, 2.45) is 5.73 Å². The number of ether oxygens (including phenoxy) is 1. The number of anilines is 3. The Labute approximate surface area is 211 Å². The van der Waals surface area contributed by atoms with Crippen molar-refractivity contribution in [3.8, 4) is 0 Å². The van der Waals surface area contributed by atoms with Gasteiger partial charge in [-0.2, -0.15) is 5.06 Å². The number of carbonyl (C=O) groups is 2. The number of hydrogen-bond acceptors (Lipinski definition) is 8. The Bertz CT molecular complexity index is 1070. The van der Waals surface area contributed by atoms with Crippen LogP contribution in [0.1, 0.15) is 55.6 Å². The van der Waals surface area contributed by atoms with Gasteiger partial charge < -0.3 is 25.6 Å². The van der Waals surface area contributed by atoms with Crippen LogP contribution in [0.15, 0.2) is 30.5 Å². The van der Waals surface area contributed by atoms with Crippen molar-refractivity contribution in [3.05, 3.63) is 41.7 Å². The summed E-state index contributed by atoms with van der Waals surface area (Å²) in [5.74, 6) is 0.629. The molecule has 0 aliphatic carbocycles. The molecular weight excluding hydrogens is 462 g/mol. The third-order valence-electron chi connectivity index (χ3n) is 6.45. The number of quaternary nitrogens is 1. The van der Waals surface area contributed by atoms with Crippen LogP contribution >= 0.6 is 0 Å². The van der Waals surface area contributed by atoms with E-state index in [1.54, 1.807) is 11.1 Å². The lowest BCUT2D eigenvalue weighted by molar-refractivity contribution is -1.09. The molecule has 0 saturated carbocycles. The van der Waals surface area contributed by atoms with Crippen molar-refractivity contribution in [2.75, 3.05) is 49.5 Å². The highest BCUT2D eigenvalue weighted by atomic mass is 16.6. The number of hydrogen-bond donors (Lipinski definition) is 4. The van der Waals surface area contributed by atoms with Crippen LogP contribution in [0.5, 0.6) is 0 Å². The summed E-state index contributed by atoms with van der Waals surface area (Å²) in [5.41, 5.74) is 7.08. The van der Waals surface area contributed by atoms with Gasteiger partial charge in [-0.05, 0) is 57.2 Å². The van der Waals surface area contributed by atoms with E-state index in [2.05, 4.69) is 27.4 Å². The predicted octanol–water partition coefficient (Wildman–Crippen LogP) is 1.53. The van der Waals surface area contributed by atoms with Crippen LogP contribution < -0.4 is 21.0 Å². The van der Waals surface area contributed by atoms with Crippen LogP contribution in [0.3, 0.4) is 0 Å². The lowest BCUT2D eigenvalue weighted by Gasteiger charge is -2.33. The van der Waals surface area contributed by atoms with Crippen molar-refractivity contribution in [1.82, 2.24) is 14.9 Å². The number of primary amides is 1. The Balaban J connectivity index is 1.40. The fraction of sp³-hybridized carbons (Fsp3) is 0.520. The number of hydroxylamine groups is 2. The lowest BCUT2D eigenvalue weighted by atomic mass is 9.89. The highest BCUT2D eigenvalue weighted by Crippen LogP contribution is 2.30. The molecule has 11 heteroatoms. The topological polar surface area (TPSA) is 138 Å². The monoisotopic (exact) mass is 498 g/mol. The summed E-state index contributed by atoms with van der Waals surface area (Å²) in [4.78, 5) is 36.9. The zero-order valence-corrected chi connectivity index (χ0v) is 21.2. The SMILES string of the molecule is CC(C)(C)OC(=O)N1CCC(c2ccc(Nc3nc(N4CC[NH+](O)CC4)cnc3C(N)=O)cc2)CC1. The molecule has 0 atom stereocenters. The summed E-state index contributed by atoms with van der Waals surface area (Å²) in [6.07, 6.45) is 3.02. The quantitative estimate of drug-likeness (QED) is 0.487. The number of nitrogens with one attached hydrogen (secondary N) is 2. The smallest absolute Gasteiger partial charge is 0.410 e. The fourth-order valence-corrected chi connectivity index (χ4v) is 4.49. The number of likely N-dealkylation sites (tertiary alicyclic amines) is 1. The van der Waals surface area contributed by atoms with Crippen molar-refractivity contribution < 1.29 is 24.6 Å². The van der Waals surface area contributed by atoms with Gasteiger partial charge in [-0.25, -0.2) is 20.0 Å². The molecule has 1 aromatic heterocycles. The Hall–Kier alpha value is -3.44. The Kier molecular flexibility index (Phi) is 7.60. The second-order valence-corrected chi connectivity index (χ2v) is 10.3. The van der Waals surface area contributed by atoms with E-state index in [1.807, 2.05) is 37.8 Å². The van der Waals surface area contributed by atoms with Crippen LogP contribution in [-0.2, 0) is 4.74 Å². The number of piperazine rings is 1. The maximum atomic E-state index is 12.3. The number of piperidine rings is 1. The van der Waals surface area contributed by atoms with Gasteiger partial charge in [0.15, 0.2) is 11.5 Å². The highest BCUT2D eigenvalue weighted by molar-refractivity contribution is 5.96. The minimum Gasteiger partial charge on any atom is -0.444 e. The molecule has 11 nitrogen and oxygen atoms in total. The first kappa shape index (κ1) is 25.6. The first-order chi connectivity index (χ1) is 17.1. The van der Waals surface area contributed by atoms with Crippen molar-refractivity contribution in [1.29, 1.82) is 0 Å². The van der Waals surface area contributed by atoms with Gasteiger partial charge in [0.1, 0.15) is 24.5 Å². The zero-order chi connectivity index (χ0) is 25.9. The van der Waals surface area contributed by atoms with E-state index in [0.717, 1.165) is 18.5 Å². The summed E-state index contributed by atoms with van der Waals surface area (Å²) in [5, 5.41) is 13.4. The number of aromatic nitrogens is 2. The van der Waals surface area contributed by atoms with E-state index < -0.39 is 11.5 Å². The standard InChI is InChI=1S/C25H35N7O4/c1-25(2,3)36-24(34)31-10-8-18(9-11-31)17-4-6-19(7-5-17)28-23-21(22(26)33)27-16-20(29-23)30-12-14-32(35)15-13-30/h4-7,16,18,35H,8-15H2,1-3H3,(H2,26,33)(H,28,29)/p+1. The second kappa shape index (κ2) is 10.7. The molecule has 4 rings (SSSR count). The van der Waals surface area contributed by atoms with Gasteiger partial charge in [0.2, 0.25) is 0 Å².